The highest BCUT2D eigenvalue weighted by molar-refractivity contribution is 6.42. The fraction of sp³-hybridized carbons (Fsp3) is 0.174. The maximum atomic E-state index is 12.7. The second-order valence-corrected chi connectivity index (χ2v) is 7.78. The lowest BCUT2D eigenvalue weighted by Crippen LogP contribution is -2.30. The number of carbonyl (C=O) groups is 1. The first-order valence-electron chi connectivity index (χ1n) is 9.66. The quantitative estimate of drug-likeness (QED) is 0.421. The molecule has 1 N–H and O–H groups in total. The van der Waals surface area contributed by atoms with Crippen LogP contribution in [-0.2, 0) is 6.54 Å². The second kappa shape index (κ2) is 8.86. The number of hydrogen-bond acceptors (Lipinski definition) is 3. The number of imidazole rings is 1. The molecule has 1 atom stereocenters. The van der Waals surface area contributed by atoms with Gasteiger partial charge in [0.1, 0.15) is 5.82 Å². The van der Waals surface area contributed by atoms with E-state index in [2.05, 4.69) is 14.9 Å². The molecule has 0 aliphatic rings. The molecule has 1 unspecified atom stereocenters. The van der Waals surface area contributed by atoms with Crippen molar-refractivity contribution in [1.82, 2.24) is 19.9 Å². The van der Waals surface area contributed by atoms with E-state index in [1.807, 2.05) is 43.3 Å². The largest absolute Gasteiger partial charge is 0.342 e. The number of hydrogen-bond donors (Lipinski definition) is 1. The average molecular weight is 439 g/mol. The topological polar surface area (TPSA) is 59.8 Å². The van der Waals surface area contributed by atoms with Gasteiger partial charge in [-0.05, 0) is 48.4 Å². The Bertz CT molecular complexity index is 1190. The fourth-order valence-electron chi connectivity index (χ4n) is 3.43. The van der Waals surface area contributed by atoms with Gasteiger partial charge in [0.25, 0.3) is 5.91 Å². The Labute approximate surface area is 184 Å². The number of benzene rings is 2. The number of nitrogens with zero attached hydrogens (tertiary/aromatic N) is 3. The van der Waals surface area contributed by atoms with Crippen LogP contribution in [0.15, 0.2) is 67.0 Å². The van der Waals surface area contributed by atoms with Crippen LogP contribution in [0.25, 0.3) is 11.0 Å². The van der Waals surface area contributed by atoms with Crippen molar-refractivity contribution in [2.24, 2.45) is 0 Å². The third kappa shape index (κ3) is 4.18. The molecule has 2 aromatic carbocycles. The normalized spacial score (nSPS) is 12.1. The third-order valence-electron chi connectivity index (χ3n) is 4.96. The molecule has 7 heteroatoms. The molecule has 0 spiro atoms. The summed E-state index contributed by atoms with van der Waals surface area (Å²) in [5.74, 6) is 0.616. The van der Waals surface area contributed by atoms with Crippen LogP contribution in [-0.4, -0.2) is 20.4 Å². The van der Waals surface area contributed by atoms with Crippen molar-refractivity contribution in [2.45, 2.75) is 25.9 Å². The number of nitrogens with one attached hydrogen (secondary N) is 1. The number of pyridine rings is 1. The average Bonchev–Trinajstić information content (AvgIpc) is 3.13. The number of rotatable bonds is 6. The molecule has 5 nitrogen and oxygen atoms in total. The maximum absolute atomic E-state index is 12.7. The Morgan fingerprint density at radius 1 is 1.10 bits per heavy atom. The van der Waals surface area contributed by atoms with E-state index in [0.29, 0.717) is 28.6 Å². The zero-order valence-corrected chi connectivity index (χ0v) is 17.9. The molecule has 1 amide bonds. The molecule has 0 bridgehead atoms. The van der Waals surface area contributed by atoms with Crippen LogP contribution in [0.5, 0.6) is 0 Å². The van der Waals surface area contributed by atoms with Gasteiger partial charge in [0, 0.05) is 18.9 Å². The predicted molar refractivity (Wildman–Crippen MR) is 120 cm³/mol. The number of halogens is 2. The van der Waals surface area contributed by atoms with Crippen molar-refractivity contribution in [3.63, 3.8) is 0 Å². The molecule has 2 heterocycles. The van der Waals surface area contributed by atoms with E-state index in [-0.39, 0.29) is 11.9 Å². The molecule has 4 aromatic rings. The number of fused-ring (bicyclic) bond motifs is 1. The van der Waals surface area contributed by atoms with Crippen molar-refractivity contribution in [3.05, 3.63) is 94.0 Å². The lowest BCUT2D eigenvalue weighted by atomic mass is 10.1. The Balaban J connectivity index is 1.72. The van der Waals surface area contributed by atoms with Crippen molar-refractivity contribution < 1.29 is 4.79 Å². The van der Waals surface area contributed by atoms with Crippen molar-refractivity contribution in [1.29, 1.82) is 0 Å². The summed E-state index contributed by atoms with van der Waals surface area (Å²) in [5.41, 5.74) is 3.39. The van der Waals surface area contributed by atoms with Crippen LogP contribution in [0.1, 0.15) is 41.1 Å². The molecule has 2 aromatic heterocycles. The van der Waals surface area contributed by atoms with E-state index < -0.39 is 0 Å². The summed E-state index contributed by atoms with van der Waals surface area (Å²) < 4.78 is 2.12. The summed E-state index contributed by atoms with van der Waals surface area (Å²) in [6.45, 7) is 2.59. The number of amides is 1. The zero-order chi connectivity index (χ0) is 21.1. The first-order valence-corrected chi connectivity index (χ1v) is 10.4. The minimum atomic E-state index is -0.257. The number of aromatic nitrogens is 3. The van der Waals surface area contributed by atoms with Gasteiger partial charge in [-0.2, -0.15) is 0 Å². The highest BCUT2D eigenvalue weighted by Crippen LogP contribution is 2.27. The molecule has 0 saturated carbocycles. The van der Waals surface area contributed by atoms with Gasteiger partial charge in [0.15, 0.2) is 0 Å². The Morgan fingerprint density at radius 3 is 2.67 bits per heavy atom. The first-order chi connectivity index (χ1) is 14.6. The fourth-order valence-corrected chi connectivity index (χ4v) is 3.76. The van der Waals surface area contributed by atoms with E-state index in [9.17, 15) is 4.79 Å². The lowest BCUT2D eigenvalue weighted by Gasteiger charge is -2.19. The van der Waals surface area contributed by atoms with Gasteiger partial charge in [-0.3, -0.25) is 9.78 Å². The zero-order valence-electron chi connectivity index (χ0n) is 16.3. The molecule has 152 valence electrons. The summed E-state index contributed by atoms with van der Waals surface area (Å²) in [7, 11) is 0. The van der Waals surface area contributed by atoms with Gasteiger partial charge in [-0.15, -0.1) is 0 Å². The van der Waals surface area contributed by atoms with E-state index in [4.69, 9.17) is 28.2 Å². The van der Waals surface area contributed by atoms with Crippen LogP contribution >= 0.6 is 23.2 Å². The van der Waals surface area contributed by atoms with E-state index in [1.54, 1.807) is 30.6 Å². The van der Waals surface area contributed by atoms with Crippen LogP contribution < -0.4 is 5.32 Å². The van der Waals surface area contributed by atoms with Gasteiger partial charge < -0.3 is 9.88 Å². The van der Waals surface area contributed by atoms with Gasteiger partial charge in [0.05, 0.1) is 32.7 Å². The van der Waals surface area contributed by atoms with Crippen LogP contribution in [0.2, 0.25) is 10.0 Å². The van der Waals surface area contributed by atoms with Gasteiger partial charge in [0.2, 0.25) is 0 Å². The molecular weight excluding hydrogens is 419 g/mol. The summed E-state index contributed by atoms with van der Waals surface area (Å²) in [5, 5.41) is 4.13. The summed E-state index contributed by atoms with van der Waals surface area (Å²) in [4.78, 5) is 21.6. The first kappa shape index (κ1) is 20.4. The second-order valence-electron chi connectivity index (χ2n) is 6.97. The Hall–Kier alpha value is -2.89. The molecule has 0 aliphatic heterocycles. The Morgan fingerprint density at radius 2 is 1.93 bits per heavy atom. The summed E-state index contributed by atoms with van der Waals surface area (Å²) in [6.07, 6.45) is 3.89. The van der Waals surface area contributed by atoms with Crippen LogP contribution in [0, 0.1) is 0 Å². The number of carbonyl (C=O) groups excluding carboxylic acids is 1. The molecule has 0 saturated heterocycles. The van der Waals surface area contributed by atoms with Crippen molar-refractivity contribution in [2.75, 3.05) is 0 Å². The van der Waals surface area contributed by atoms with E-state index in [1.165, 1.54) is 0 Å². The Kier molecular flexibility index (Phi) is 6.02. The predicted octanol–water partition coefficient (Wildman–Crippen LogP) is 5.67. The van der Waals surface area contributed by atoms with Crippen molar-refractivity contribution >= 4 is 40.1 Å². The van der Waals surface area contributed by atoms with Crippen molar-refractivity contribution in [3.8, 4) is 0 Å². The standard InChI is InChI=1S/C23H20Cl2N4O/c1-2-19(28-23(30)16-6-5-11-26-13-16)22-27-20-7-3-4-8-21(20)29(22)14-15-9-10-17(24)18(25)12-15/h3-13,19H,2,14H2,1H3,(H,28,30). The summed E-state index contributed by atoms with van der Waals surface area (Å²) in [6, 6.07) is 16.8. The van der Waals surface area contributed by atoms with Gasteiger partial charge in [-0.1, -0.05) is 48.3 Å². The minimum Gasteiger partial charge on any atom is -0.342 e. The van der Waals surface area contributed by atoms with Gasteiger partial charge >= 0.3 is 0 Å². The lowest BCUT2D eigenvalue weighted by molar-refractivity contribution is 0.0932. The number of para-hydroxylation sites is 2. The van der Waals surface area contributed by atoms with E-state index in [0.717, 1.165) is 22.4 Å². The minimum absolute atomic E-state index is 0.178. The monoisotopic (exact) mass is 438 g/mol. The molecule has 0 fully saturated rings. The van der Waals surface area contributed by atoms with Crippen LogP contribution in [0.4, 0.5) is 0 Å². The van der Waals surface area contributed by atoms with E-state index >= 15 is 0 Å². The molecule has 4 rings (SSSR count). The third-order valence-corrected chi connectivity index (χ3v) is 5.70. The van der Waals surface area contributed by atoms with Crippen LogP contribution in [0.3, 0.4) is 0 Å². The smallest absolute Gasteiger partial charge is 0.253 e. The highest BCUT2D eigenvalue weighted by Gasteiger charge is 2.21. The SMILES string of the molecule is CCC(NC(=O)c1cccnc1)c1nc2ccccc2n1Cc1ccc(Cl)c(Cl)c1. The summed E-state index contributed by atoms with van der Waals surface area (Å²) >= 11 is 12.3. The molecular formula is C23H20Cl2N4O. The molecule has 0 radical (unpaired) electrons. The maximum Gasteiger partial charge on any atom is 0.253 e. The molecule has 0 aliphatic carbocycles. The highest BCUT2D eigenvalue weighted by atomic mass is 35.5. The van der Waals surface area contributed by atoms with Gasteiger partial charge in [-0.25, -0.2) is 4.98 Å². The molecule has 30 heavy (non-hydrogen) atoms.